The maximum Gasteiger partial charge on any atom is 0.249 e. The minimum atomic E-state index is 0.834. The number of imidazole rings is 2. The molecular weight excluding hydrogens is 478 g/mol. The van der Waals surface area contributed by atoms with Gasteiger partial charge < -0.3 is 5.32 Å². The smallest absolute Gasteiger partial charge is 0.249 e. The molecule has 0 fully saturated rings. The van der Waals surface area contributed by atoms with E-state index in [9.17, 15) is 0 Å². The summed E-state index contributed by atoms with van der Waals surface area (Å²) in [5, 5.41) is 3.75. The van der Waals surface area contributed by atoms with Crippen molar-refractivity contribution in [1.29, 1.82) is 0 Å². The Morgan fingerprint density at radius 3 is 1.44 bits per heavy atom. The predicted molar refractivity (Wildman–Crippen MR) is 156 cm³/mol. The van der Waals surface area contributed by atoms with Crippen molar-refractivity contribution in [3.63, 3.8) is 0 Å². The highest BCUT2D eigenvalue weighted by Crippen LogP contribution is 2.29. The molecule has 2 heterocycles. The van der Waals surface area contributed by atoms with Crippen molar-refractivity contribution in [1.82, 2.24) is 9.13 Å². The van der Waals surface area contributed by atoms with Gasteiger partial charge in [0.15, 0.2) is 11.4 Å². The Balaban J connectivity index is 1.30. The van der Waals surface area contributed by atoms with Crippen LogP contribution in [0, 0.1) is 13.8 Å². The first kappa shape index (κ1) is 24.4. The van der Waals surface area contributed by atoms with E-state index in [0.717, 1.165) is 35.8 Å². The van der Waals surface area contributed by atoms with E-state index >= 15 is 0 Å². The van der Waals surface area contributed by atoms with Crippen molar-refractivity contribution < 1.29 is 9.13 Å². The summed E-state index contributed by atoms with van der Waals surface area (Å²) in [5.74, 6) is 0. The number of anilines is 2. The number of aromatic nitrogens is 4. The van der Waals surface area contributed by atoms with Crippen LogP contribution in [0.2, 0.25) is 0 Å². The standard InChI is InChI=1S/C34H33N5/c1-27-13-15-31(33(21-27)38-19-17-36(25-38)23-29-9-5-3-6-10-29)35-32-16-14-28(2)22-34(32)39-20-18-37(26-39)24-30-11-7-4-8-12-30/h3-22,25-26,35H,23-24H2,1-2H3/q+2. The molecule has 0 atom stereocenters. The Bertz CT molecular complexity index is 1570. The SMILES string of the molecule is Cc1ccc(Nc2ccc(C)cc2-n2cc[n+](Cc3ccccc3)c2)c(-n2cc[n+](Cc3ccccc3)c2)c1. The summed E-state index contributed by atoms with van der Waals surface area (Å²) in [5.41, 5.74) is 9.33. The first-order chi connectivity index (χ1) is 19.1. The highest BCUT2D eigenvalue weighted by atomic mass is 15.1. The van der Waals surface area contributed by atoms with Crippen LogP contribution in [0.5, 0.6) is 0 Å². The molecule has 6 aromatic rings. The maximum absolute atomic E-state index is 3.75. The van der Waals surface area contributed by atoms with Gasteiger partial charge in [0.25, 0.3) is 0 Å². The third kappa shape index (κ3) is 5.68. The Labute approximate surface area is 229 Å². The number of benzene rings is 4. The molecule has 0 saturated carbocycles. The summed E-state index contributed by atoms with van der Waals surface area (Å²) < 4.78 is 8.80. The third-order valence-electron chi connectivity index (χ3n) is 6.93. The number of aryl methyl sites for hydroxylation is 2. The molecule has 0 saturated heterocycles. The van der Waals surface area contributed by atoms with Gasteiger partial charge >= 0.3 is 0 Å². The van der Waals surface area contributed by atoms with E-state index in [1.807, 2.05) is 0 Å². The van der Waals surface area contributed by atoms with Gasteiger partial charge in [0, 0.05) is 0 Å². The lowest BCUT2D eigenvalue weighted by atomic mass is 10.1. The molecule has 0 spiro atoms. The zero-order chi connectivity index (χ0) is 26.6. The lowest BCUT2D eigenvalue weighted by Gasteiger charge is -2.13. The second-order valence-corrected chi connectivity index (χ2v) is 10.1. The molecular formula is C34H33N5+2. The van der Waals surface area contributed by atoms with Crippen LogP contribution in [-0.4, -0.2) is 9.13 Å². The van der Waals surface area contributed by atoms with E-state index in [1.165, 1.54) is 22.3 Å². The summed E-state index contributed by atoms with van der Waals surface area (Å²) in [6, 6.07) is 34.2. The lowest BCUT2D eigenvalue weighted by molar-refractivity contribution is -0.687. The molecule has 0 aliphatic rings. The van der Waals surface area contributed by atoms with Crippen molar-refractivity contribution in [2.24, 2.45) is 0 Å². The van der Waals surface area contributed by atoms with Crippen LogP contribution in [0.3, 0.4) is 0 Å². The fourth-order valence-electron chi connectivity index (χ4n) is 4.92. The van der Waals surface area contributed by atoms with Crippen molar-refractivity contribution >= 4 is 11.4 Å². The number of hydrogen-bond acceptors (Lipinski definition) is 1. The van der Waals surface area contributed by atoms with E-state index in [2.05, 4.69) is 172 Å². The molecule has 192 valence electrons. The molecule has 4 aromatic carbocycles. The normalized spacial score (nSPS) is 11.0. The van der Waals surface area contributed by atoms with Gasteiger partial charge in [-0.15, -0.1) is 0 Å². The van der Waals surface area contributed by atoms with Crippen LogP contribution < -0.4 is 14.5 Å². The molecule has 0 aliphatic carbocycles. The lowest BCUT2D eigenvalue weighted by Crippen LogP contribution is -2.31. The van der Waals surface area contributed by atoms with Crippen molar-refractivity contribution in [2.75, 3.05) is 5.32 Å². The monoisotopic (exact) mass is 511 g/mol. The highest BCUT2D eigenvalue weighted by molar-refractivity contribution is 5.75. The number of nitrogens with one attached hydrogen (secondary N) is 1. The molecule has 0 unspecified atom stereocenters. The van der Waals surface area contributed by atoms with Crippen LogP contribution in [0.4, 0.5) is 11.4 Å². The zero-order valence-electron chi connectivity index (χ0n) is 22.4. The van der Waals surface area contributed by atoms with E-state index in [-0.39, 0.29) is 0 Å². The Morgan fingerprint density at radius 2 is 1.00 bits per heavy atom. The molecule has 39 heavy (non-hydrogen) atoms. The molecule has 1 N–H and O–H groups in total. The molecule has 0 amide bonds. The number of nitrogens with zero attached hydrogens (tertiary/aromatic N) is 4. The third-order valence-corrected chi connectivity index (χ3v) is 6.93. The topological polar surface area (TPSA) is 29.6 Å². The second kappa shape index (κ2) is 10.8. The van der Waals surface area contributed by atoms with E-state index < -0.39 is 0 Å². The van der Waals surface area contributed by atoms with Crippen LogP contribution in [0.1, 0.15) is 22.3 Å². The predicted octanol–water partition coefficient (Wildman–Crippen LogP) is 6.30. The first-order valence-corrected chi connectivity index (χ1v) is 13.3. The van der Waals surface area contributed by atoms with Gasteiger partial charge in [-0.25, -0.2) is 18.3 Å². The summed E-state index contributed by atoms with van der Waals surface area (Å²) >= 11 is 0. The Kier molecular flexibility index (Phi) is 6.79. The maximum atomic E-state index is 3.75. The van der Waals surface area contributed by atoms with E-state index in [0.29, 0.717) is 0 Å². The largest absolute Gasteiger partial charge is 0.349 e. The molecule has 5 nitrogen and oxygen atoms in total. The van der Waals surface area contributed by atoms with Crippen LogP contribution in [-0.2, 0) is 13.1 Å². The molecule has 0 aliphatic heterocycles. The quantitative estimate of drug-likeness (QED) is 0.239. The number of rotatable bonds is 8. The van der Waals surface area contributed by atoms with Crippen LogP contribution in [0.15, 0.2) is 135 Å². The van der Waals surface area contributed by atoms with Crippen molar-refractivity contribution in [3.8, 4) is 11.4 Å². The van der Waals surface area contributed by atoms with Gasteiger partial charge in [-0.05, 0) is 60.4 Å². The molecule has 2 aromatic heterocycles. The number of hydrogen-bond donors (Lipinski definition) is 1. The van der Waals surface area contributed by atoms with Crippen LogP contribution in [0.25, 0.3) is 11.4 Å². The van der Waals surface area contributed by atoms with Gasteiger partial charge in [-0.2, -0.15) is 0 Å². The fraction of sp³-hybridized carbons (Fsp3) is 0.118. The minimum absolute atomic E-state index is 0.834. The van der Waals surface area contributed by atoms with E-state index in [1.54, 1.807) is 0 Å². The first-order valence-electron chi connectivity index (χ1n) is 13.3. The van der Waals surface area contributed by atoms with Gasteiger partial charge in [0.1, 0.15) is 37.9 Å². The van der Waals surface area contributed by atoms with Gasteiger partial charge in [-0.3, -0.25) is 0 Å². The average molecular weight is 512 g/mol. The summed E-state index contributed by atoms with van der Waals surface area (Å²) in [6.07, 6.45) is 12.8. The van der Waals surface area contributed by atoms with Crippen molar-refractivity contribution in [2.45, 2.75) is 26.9 Å². The van der Waals surface area contributed by atoms with Gasteiger partial charge in [0.05, 0.1) is 11.4 Å². The highest BCUT2D eigenvalue weighted by Gasteiger charge is 2.17. The average Bonchev–Trinajstić information content (AvgIpc) is 3.62. The second-order valence-electron chi connectivity index (χ2n) is 10.1. The molecule has 0 radical (unpaired) electrons. The zero-order valence-corrected chi connectivity index (χ0v) is 22.4. The molecule has 6 rings (SSSR count). The molecule has 5 heteroatoms. The van der Waals surface area contributed by atoms with Gasteiger partial charge in [0.2, 0.25) is 12.7 Å². The Hall–Kier alpha value is -4.90. The summed E-state index contributed by atoms with van der Waals surface area (Å²) in [4.78, 5) is 0. The summed E-state index contributed by atoms with van der Waals surface area (Å²) in [6.45, 7) is 5.94. The van der Waals surface area contributed by atoms with E-state index in [4.69, 9.17) is 0 Å². The Morgan fingerprint density at radius 1 is 0.564 bits per heavy atom. The summed E-state index contributed by atoms with van der Waals surface area (Å²) in [7, 11) is 0. The van der Waals surface area contributed by atoms with Crippen LogP contribution >= 0.6 is 0 Å². The molecule has 0 bridgehead atoms. The van der Waals surface area contributed by atoms with Gasteiger partial charge in [-0.1, -0.05) is 72.8 Å². The fourth-order valence-corrected chi connectivity index (χ4v) is 4.92. The van der Waals surface area contributed by atoms with Crippen molar-refractivity contribution in [3.05, 3.63) is 157 Å². The minimum Gasteiger partial charge on any atom is -0.349 e.